The van der Waals surface area contributed by atoms with Crippen molar-refractivity contribution < 1.29 is 4.92 Å². The highest BCUT2D eigenvalue weighted by Gasteiger charge is 2.25. The summed E-state index contributed by atoms with van der Waals surface area (Å²) < 4.78 is 0. The molecule has 1 aliphatic rings. The van der Waals surface area contributed by atoms with E-state index in [0.29, 0.717) is 6.04 Å². The number of nitro groups is 1. The minimum atomic E-state index is -0.424. The number of halogens is 1. The number of hydrogen-bond donors (Lipinski definition) is 0. The molecule has 0 spiro atoms. The summed E-state index contributed by atoms with van der Waals surface area (Å²) in [5, 5.41) is 11.1. The Morgan fingerprint density at radius 3 is 2.68 bits per heavy atom. The van der Waals surface area contributed by atoms with E-state index in [9.17, 15) is 10.1 Å². The first-order valence-electron chi connectivity index (χ1n) is 6.64. The van der Waals surface area contributed by atoms with Crippen LogP contribution in [-0.4, -0.2) is 22.4 Å². The van der Waals surface area contributed by atoms with Crippen LogP contribution in [0.5, 0.6) is 0 Å². The van der Waals surface area contributed by atoms with Gasteiger partial charge in [-0.15, -0.1) is 0 Å². The van der Waals surface area contributed by atoms with Crippen LogP contribution in [0, 0.1) is 16.0 Å². The normalized spacial score (nSPS) is 15.2. The number of nitrogens with zero attached hydrogens (tertiary/aromatic N) is 2. The molecule has 0 bridgehead atoms. The summed E-state index contributed by atoms with van der Waals surface area (Å²) in [5.41, 5.74) is 0.944. The molecular weight excluding hydrogens is 264 g/mol. The molecule has 19 heavy (non-hydrogen) atoms. The van der Waals surface area contributed by atoms with Crippen molar-refractivity contribution >= 4 is 17.3 Å². The second-order valence-corrected chi connectivity index (χ2v) is 5.92. The second-order valence-electron chi connectivity index (χ2n) is 5.51. The van der Waals surface area contributed by atoms with Crippen LogP contribution >= 0.6 is 11.6 Å². The Labute approximate surface area is 118 Å². The lowest BCUT2D eigenvalue weighted by molar-refractivity contribution is -0.384. The minimum Gasteiger partial charge on any atom is -0.296 e. The highest BCUT2D eigenvalue weighted by molar-refractivity contribution is 6.32. The Bertz CT molecular complexity index is 473. The van der Waals surface area contributed by atoms with Gasteiger partial charge in [0.05, 0.1) is 4.92 Å². The minimum absolute atomic E-state index is 0.00528. The molecule has 0 aromatic heterocycles. The van der Waals surface area contributed by atoms with Gasteiger partial charge in [0.1, 0.15) is 5.02 Å². The lowest BCUT2D eigenvalue weighted by Gasteiger charge is -2.26. The third kappa shape index (κ3) is 3.91. The van der Waals surface area contributed by atoms with Crippen molar-refractivity contribution in [2.45, 2.75) is 39.3 Å². The SMILES string of the molecule is CC(C)N(Cc1ccc(Cl)c([N+](=O)[O-])c1)CC1CC1. The molecular formula is C14H19ClN2O2. The van der Waals surface area contributed by atoms with Crippen LogP contribution in [-0.2, 0) is 6.54 Å². The van der Waals surface area contributed by atoms with Crippen molar-refractivity contribution in [1.82, 2.24) is 4.90 Å². The smallest absolute Gasteiger partial charge is 0.288 e. The maximum absolute atomic E-state index is 10.9. The van der Waals surface area contributed by atoms with Gasteiger partial charge in [-0.1, -0.05) is 17.7 Å². The molecule has 1 fully saturated rings. The summed E-state index contributed by atoms with van der Waals surface area (Å²) in [6.07, 6.45) is 2.62. The second kappa shape index (κ2) is 5.88. The molecule has 0 radical (unpaired) electrons. The van der Waals surface area contributed by atoms with Gasteiger partial charge in [-0.3, -0.25) is 15.0 Å². The van der Waals surface area contributed by atoms with E-state index in [0.717, 1.165) is 24.6 Å². The molecule has 2 rings (SSSR count). The maximum Gasteiger partial charge on any atom is 0.288 e. The van der Waals surface area contributed by atoms with E-state index < -0.39 is 4.92 Å². The van der Waals surface area contributed by atoms with Crippen LogP contribution in [0.1, 0.15) is 32.3 Å². The number of benzene rings is 1. The molecule has 0 unspecified atom stereocenters. The molecule has 104 valence electrons. The summed E-state index contributed by atoms with van der Waals surface area (Å²) in [4.78, 5) is 12.8. The first kappa shape index (κ1) is 14.3. The number of rotatable bonds is 6. The van der Waals surface area contributed by atoms with E-state index in [4.69, 9.17) is 11.6 Å². The van der Waals surface area contributed by atoms with Crippen molar-refractivity contribution in [3.63, 3.8) is 0 Å². The molecule has 1 aliphatic carbocycles. The molecule has 0 heterocycles. The van der Waals surface area contributed by atoms with Crippen LogP contribution in [0.25, 0.3) is 0 Å². The standard InChI is InChI=1S/C14H19ClN2O2/c1-10(2)16(8-11-3-4-11)9-12-5-6-13(15)14(7-12)17(18)19/h5-7,10-11H,3-4,8-9H2,1-2H3. The summed E-state index contributed by atoms with van der Waals surface area (Å²) in [5.74, 6) is 0.810. The van der Waals surface area contributed by atoms with E-state index in [1.807, 2.05) is 6.07 Å². The molecule has 1 aromatic rings. The molecule has 5 heteroatoms. The Morgan fingerprint density at radius 2 is 2.16 bits per heavy atom. The molecule has 0 aliphatic heterocycles. The Hall–Kier alpha value is -1.13. The average molecular weight is 283 g/mol. The van der Waals surface area contributed by atoms with Crippen LogP contribution in [0.3, 0.4) is 0 Å². The quantitative estimate of drug-likeness (QED) is 0.588. The first-order chi connectivity index (χ1) is 8.97. The van der Waals surface area contributed by atoms with E-state index in [2.05, 4.69) is 18.7 Å². The number of hydrogen-bond acceptors (Lipinski definition) is 3. The van der Waals surface area contributed by atoms with E-state index in [1.165, 1.54) is 12.8 Å². The largest absolute Gasteiger partial charge is 0.296 e. The Morgan fingerprint density at radius 1 is 1.47 bits per heavy atom. The summed E-state index contributed by atoms with van der Waals surface area (Å²) >= 11 is 5.83. The Balaban J connectivity index is 2.11. The molecule has 0 saturated heterocycles. The fourth-order valence-electron chi connectivity index (χ4n) is 2.12. The van der Waals surface area contributed by atoms with Gasteiger partial charge in [-0.25, -0.2) is 0 Å². The zero-order chi connectivity index (χ0) is 14.0. The van der Waals surface area contributed by atoms with Crippen molar-refractivity contribution in [1.29, 1.82) is 0 Å². The predicted octanol–water partition coefficient (Wildman–Crippen LogP) is 3.87. The topological polar surface area (TPSA) is 46.4 Å². The van der Waals surface area contributed by atoms with Gasteiger partial charge in [-0.2, -0.15) is 0 Å². The molecule has 1 saturated carbocycles. The summed E-state index contributed by atoms with van der Waals surface area (Å²) in [6.45, 7) is 6.14. The van der Waals surface area contributed by atoms with E-state index in [1.54, 1.807) is 12.1 Å². The fourth-order valence-corrected chi connectivity index (χ4v) is 2.31. The van der Waals surface area contributed by atoms with Gasteiger partial charge in [0.2, 0.25) is 0 Å². The third-order valence-electron chi connectivity index (χ3n) is 3.51. The molecule has 0 N–H and O–H groups in total. The van der Waals surface area contributed by atoms with Gasteiger partial charge in [0, 0.05) is 25.2 Å². The van der Waals surface area contributed by atoms with Crippen molar-refractivity contribution in [3.05, 3.63) is 38.9 Å². The molecule has 1 aromatic carbocycles. The third-order valence-corrected chi connectivity index (χ3v) is 3.83. The van der Waals surface area contributed by atoms with Gasteiger partial charge >= 0.3 is 0 Å². The highest BCUT2D eigenvalue weighted by atomic mass is 35.5. The summed E-state index contributed by atoms with van der Waals surface area (Å²) in [6, 6.07) is 5.52. The molecule has 4 nitrogen and oxygen atoms in total. The number of nitro benzene ring substituents is 1. The molecule has 0 amide bonds. The average Bonchev–Trinajstić information content (AvgIpc) is 3.14. The van der Waals surface area contributed by atoms with Crippen LogP contribution < -0.4 is 0 Å². The van der Waals surface area contributed by atoms with E-state index >= 15 is 0 Å². The fraction of sp³-hybridized carbons (Fsp3) is 0.571. The van der Waals surface area contributed by atoms with Gasteiger partial charge in [0.15, 0.2) is 0 Å². The lowest BCUT2D eigenvalue weighted by Crippen LogP contribution is -2.32. The predicted molar refractivity (Wildman–Crippen MR) is 76.4 cm³/mol. The van der Waals surface area contributed by atoms with Crippen molar-refractivity contribution in [3.8, 4) is 0 Å². The molecule has 0 atom stereocenters. The zero-order valence-electron chi connectivity index (χ0n) is 11.3. The van der Waals surface area contributed by atoms with Crippen LogP contribution in [0.2, 0.25) is 5.02 Å². The monoisotopic (exact) mass is 282 g/mol. The van der Waals surface area contributed by atoms with Crippen molar-refractivity contribution in [2.75, 3.05) is 6.54 Å². The lowest BCUT2D eigenvalue weighted by atomic mass is 10.1. The first-order valence-corrected chi connectivity index (χ1v) is 7.02. The highest BCUT2D eigenvalue weighted by Crippen LogP contribution is 2.31. The van der Waals surface area contributed by atoms with Gasteiger partial charge in [0.25, 0.3) is 5.69 Å². The van der Waals surface area contributed by atoms with Gasteiger partial charge < -0.3 is 0 Å². The van der Waals surface area contributed by atoms with Crippen molar-refractivity contribution in [2.24, 2.45) is 5.92 Å². The maximum atomic E-state index is 10.9. The zero-order valence-corrected chi connectivity index (χ0v) is 12.1. The Kier molecular flexibility index (Phi) is 4.42. The summed E-state index contributed by atoms with van der Waals surface area (Å²) in [7, 11) is 0. The van der Waals surface area contributed by atoms with Crippen LogP contribution in [0.4, 0.5) is 5.69 Å². The van der Waals surface area contributed by atoms with Crippen LogP contribution in [0.15, 0.2) is 18.2 Å². The van der Waals surface area contributed by atoms with Gasteiger partial charge in [-0.05, 0) is 44.2 Å². The van der Waals surface area contributed by atoms with E-state index in [-0.39, 0.29) is 10.7 Å².